The lowest BCUT2D eigenvalue weighted by Gasteiger charge is -2.31. The lowest BCUT2D eigenvalue weighted by atomic mass is 9.94. The highest BCUT2D eigenvalue weighted by Crippen LogP contribution is 2.19. The normalized spacial score (nSPS) is 14.4. The van der Waals surface area contributed by atoms with Crippen molar-refractivity contribution in [3.8, 4) is 0 Å². The van der Waals surface area contributed by atoms with Gasteiger partial charge < -0.3 is 55.9 Å². The number of aromatic amines is 1. The van der Waals surface area contributed by atoms with Crippen LogP contribution in [0.1, 0.15) is 89.7 Å². The lowest BCUT2D eigenvalue weighted by molar-refractivity contribution is -0.144. The highest BCUT2D eigenvalue weighted by molar-refractivity contribution is 5.87. The predicted octanol–water partition coefficient (Wildman–Crippen LogP) is -0.214. The van der Waals surface area contributed by atoms with Crippen molar-refractivity contribution in [1.82, 2.24) is 36.1 Å². The molecule has 3 atom stereocenters. The van der Waals surface area contributed by atoms with Crippen LogP contribution in [-0.4, -0.2) is 148 Å². The number of carbonyl (C=O) groups is 9. The maximum atomic E-state index is 12.6. The van der Waals surface area contributed by atoms with Crippen LogP contribution in [0.15, 0.2) is 12.5 Å². The number of unbranched alkanes of at least 4 members (excludes halogenated alkanes) is 1. The number of amides is 5. The van der Waals surface area contributed by atoms with Gasteiger partial charge in [-0.3, -0.25) is 33.6 Å². The number of carboxylic acids is 3. The number of piperidine rings is 1. The molecule has 0 aliphatic carbocycles. The molecule has 1 aliphatic rings. The first kappa shape index (κ1) is 49.7. The number of hydrogen-bond acceptors (Lipinski definition) is 12. The van der Waals surface area contributed by atoms with Gasteiger partial charge in [-0.05, 0) is 44.9 Å². The Bertz CT molecular complexity index is 1530. The number of nitrogens with zero attached hydrogens (tertiary/aromatic N) is 2. The molecule has 1 aromatic rings. The average molecular weight is 838 g/mol. The SMILES string of the molecule is CCC(=O)N1CCC(C(=O)N[C@@H](CCC(=O)NCCOCCOCC(=O)N[C@@H](CCC(=O)NCCCC[C@H](CC(=O)CCc2cnc[nH]2)C(=O)O)C(=O)O)C(=O)O)CC1. The Morgan fingerprint density at radius 2 is 1.41 bits per heavy atom. The fourth-order valence-corrected chi connectivity index (χ4v) is 6.16. The van der Waals surface area contributed by atoms with Crippen LogP contribution < -0.4 is 21.3 Å². The number of hydrogen-bond donors (Lipinski definition) is 8. The van der Waals surface area contributed by atoms with Gasteiger partial charge in [0, 0.05) is 76.1 Å². The Morgan fingerprint density at radius 1 is 0.780 bits per heavy atom. The molecule has 0 saturated carbocycles. The summed E-state index contributed by atoms with van der Waals surface area (Å²) in [5, 5.41) is 38.5. The van der Waals surface area contributed by atoms with E-state index < -0.39 is 72.1 Å². The van der Waals surface area contributed by atoms with E-state index >= 15 is 0 Å². The number of Topliss-reactive ketones (excluding diaryl/α,β-unsaturated/α-hetero) is 1. The summed E-state index contributed by atoms with van der Waals surface area (Å²) in [7, 11) is 0. The molecule has 1 saturated heterocycles. The smallest absolute Gasteiger partial charge is 0.326 e. The number of aryl methyl sites for hydroxylation is 1. The quantitative estimate of drug-likeness (QED) is 0.0449. The van der Waals surface area contributed by atoms with E-state index in [-0.39, 0.29) is 89.5 Å². The van der Waals surface area contributed by atoms with E-state index in [0.29, 0.717) is 51.6 Å². The fourth-order valence-electron chi connectivity index (χ4n) is 6.16. The van der Waals surface area contributed by atoms with E-state index in [4.69, 9.17) is 9.47 Å². The third-order valence-electron chi connectivity index (χ3n) is 9.62. The van der Waals surface area contributed by atoms with Crippen molar-refractivity contribution in [2.45, 2.75) is 102 Å². The first-order valence-corrected chi connectivity index (χ1v) is 19.9. The van der Waals surface area contributed by atoms with Crippen LogP contribution in [0.5, 0.6) is 0 Å². The minimum Gasteiger partial charge on any atom is -0.481 e. The fraction of sp³-hybridized carbons (Fsp3) is 0.684. The number of imidazole rings is 1. The predicted molar refractivity (Wildman–Crippen MR) is 206 cm³/mol. The van der Waals surface area contributed by atoms with Crippen molar-refractivity contribution in [3.05, 3.63) is 18.2 Å². The minimum absolute atomic E-state index is 0.00667. The number of nitrogens with one attached hydrogen (secondary N) is 5. The standard InChI is InChI=1S/C38H59N7O14/c1-2-34(50)45-16-12-25(13-17-45)35(51)44-30(38(56)57)9-11-32(48)41-15-18-58-19-20-59-23-33(49)43-29(37(54)55)8-10-31(47)40-14-4-3-5-26(36(52)53)21-28(46)7-6-27-22-39-24-42-27/h22,24-26,29-30H,2-21,23H2,1H3,(H,39,42)(H,40,47)(H,41,48)(H,43,49)(H,44,51)(H,52,53)(H,54,55)(H,56,57)/t26-,29+,30+/m1/s1. The van der Waals surface area contributed by atoms with Crippen molar-refractivity contribution in [2.24, 2.45) is 11.8 Å². The van der Waals surface area contributed by atoms with Gasteiger partial charge in [0.05, 0.1) is 32.1 Å². The molecule has 21 nitrogen and oxygen atoms in total. The van der Waals surface area contributed by atoms with Crippen LogP contribution in [0.2, 0.25) is 0 Å². The molecular weight excluding hydrogens is 778 g/mol. The molecular formula is C38H59N7O14. The van der Waals surface area contributed by atoms with Gasteiger partial charge in [-0.1, -0.05) is 13.3 Å². The molecule has 1 fully saturated rings. The van der Waals surface area contributed by atoms with Crippen LogP contribution in [-0.2, 0) is 59.0 Å². The summed E-state index contributed by atoms with van der Waals surface area (Å²) >= 11 is 0. The molecule has 2 rings (SSSR count). The monoisotopic (exact) mass is 837 g/mol. The van der Waals surface area contributed by atoms with Crippen molar-refractivity contribution in [1.29, 1.82) is 0 Å². The molecule has 0 spiro atoms. The summed E-state index contributed by atoms with van der Waals surface area (Å²) in [5.74, 6) is -7.09. The highest BCUT2D eigenvalue weighted by Gasteiger charge is 2.30. The average Bonchev–Trinajstić information content (AvgIpc) is 3.74. The van der Waals surface area contributed by atoms with Crippen LogP contribution in [0.4, 0.5) is 0 Å². The van der Waals surface area contributed by atoms with Gasteiger partial charge in [-0.15, -0.1) is 0 Å². The van der Waals surface area contributed by atoms with Gasteiger partial charge >= 0.3 is 17.9 Å². The molecule has 330 valence electrons. The Labute approximate surface area is 342 Å². The summed E-state index contributed by atoms with van der Waals surface area (Å²) in [6.45, 7) is 2.59. The number of rotatable bonds is 31. The number of ketones is 1. The van der Waals surface area contributed by atoms with Crippen molar-refractivity contribution in [2.75, 3.05) is 52.6 Å². The molecule has 0 unspecified atom stereocenters. The van der Waals surface area contributed by atoms with E-state index in [1.54, 1.807) is 18.0 Å². The van der Waals surface area contributed by atoms with Crippen molar-refractivity contribution < 1.29 is 67.9 Å². The summed E-state index contributed by atoms with van der Waals surface area (Å²) < 4.78 is 10.5. The molecule has 0 bridgehead atoms. The zero-order valence-corrected chi connectivity index (χ0v) is 33.5. The topological polar surface area (TPSA) is 313 Å². The number of carbonyl (C=O) groups excluding carboxylic acids is 6. The summed E-state index contributed by atoms with van der Waals surface area (Å²) in [5.41, 5.74) is 0.789. The van der Waals surface area contributed by atoms with Crippen LogP contribution in [0, 0.1) is 11.8 Å². The number of likely N-dealkylation sites (tertiary alicyclic amines) is 1. The van der Waals surface area contributed by atoms with E-state index in [1.165, 1.54) is 6.33 Å². The first-order valence-electron chi connectivity index (χ1n) is 19.9. The van der Waals surface area contributed by atoms with E-state index in [2.05, 4.69) is 31.2 Å². The molecule has 1 aromatic heterocycles. The van der Waals surface area contributed by atoms with Crippen molar-refractivity contribution in [3.63, 3.8) is 0 Å². The largest absolute Gasteiger partial charge is 0.481 e. The van der Waals surface area contributed by atoms with Crippen LogP contribution in [0.3, 0.4) is 0 Å². The maximum Gasteiger partial charge on any atom is 0.326 e. The molecule has 0 aromatic carbocycles. The molecule has 21 heteroatoms. The van der Waals surface area contributed by atoms with Crippen LogP contribution >= 0.6 is 0 Å². The Morgan fingerprint density at radius 3 is 2.00 bits per heavy atom. The highest BCUT2D eigenvalue weighted by atomic mass is 16.5. The van der Waals surface area contributed by atoms with E-state index in [0.717, 1.165) is 5.69 Å². The third kappa shape index (κ3) is 21.2. The molecule has 5 amide bonds. The molecule has 0 radical (unpaired) electrons. The van der Waals surface area contributed by atoms with E-state index in [9.17, 15) is 58.5 Å². The lowest BCUT2D eigenvalue weighted by Crippen LogP contribution is -2.47. The van der Waals surface area contributed by atoms with Crippen molar-refractivity contribution >= 4 is 53.2 Å². The third-order valence-corrected chi connectivity index (χ3v) is 9.62. The maximum absolute atomic E-state index is 12.6. The van der Waals surface area contributed by atoms with Gasteiger partial charge in [-0.25, -0.2) is 14.6 Å². The number of carboxylic acid groups (broad SMARTS) is 3. The number of H-pyrrole nitrogens is 1. The second-order valence-corrected chi connectivity index (χ2v) is 14.2. The number of ether oxygens (including phenoxy) is 2. The molecule has 59 heavy (non-hydrogen) atoms. The first-order chi connectivity index (χ1) is 28.2. The zero-order valence-electron chi connectivity index (χ0n) is 33.5. The second-order valence-electron chi connectivity index (χ2n) is 14.2. The zero-order chi connectivity index (χ0) is 43.6. The Kier molecular flexibility index (Phi) is 23.6. The van der Waals surface area contributed by atoms with E-state index in [1.807, 2.05) is 0 Å². The van der Waals surface area contributed by atoms with Gasteiger partial charge in [0.1, 0.15) is 24.5 Å². The van der Waals surface area contributed by atoms with Crippen LogP contribution in [0.25, 0.3) is 0 Å². The Hall–Kier alpha value is -5.44. The molecule has 8 N–H and O–H groups in total. The van der Waals surface area contributed by atoms with Gasteiger partial charge in [0.2, 0.25) is 29.5 Å². The Balaban J connectivity index is 1.51. The number of aliphatic carboxylic acids is 3. The second kappa shape index (κ2) is 28.1. The van der Waals surface area contributed by atoms with Gasteiger partial charge in [0.15, 0.2) is 0 Å². The van der Waals surface area contributed by atoms with Gasteiger partial charge in [-0.2, -0.15) is 0 Å². The molecule has 2 heterocycles. The minimum atomic E-state index is -1.34. The van der Waals surface area contributed by atoms with Gasteiger partial charge in [0.25, 0.3) is 0 Å². The summed E-state index contributed by atoms with van der Waals surface area (Å²) in [6, 6.07) is -2.59. The number of aromatic nitrogens is 2. The molecule has 1 aliphatic heterocycles. The summed E-state index contributed by atoms with van der Waals surface area (Å²) in [4.78, 5) is 117. The summed E-state index contributed by atoms with van der Waals surface area (Å²) in [6.07, 6.45) is 5.43.